The SMILES string of the molecule is CCCC(CCO)CN=C(NCC)NC1CC(=O)N(c2ccccc2)C1.I. The van der Waals surface area contributed by atoms with Crippen LogP contribution in [0, 0.1) is 5.92 Å². The highest BCUT2D eigenvalue weighted by Crippen LogP contribution is 2.21. The second kappa shape index (κ2) is 12.9. The van der Waals surface area contributed by atoms with E-state index in [2.05, 4.69) is 17.6 Å². The zero-order valence-electron chi connectivity index (χ0n) is 16.4. The van der Waals surface area contributed by atoms with E-state index in [0.717, 1.165) is 37.5 Å². The van der Waals surface area contributed by atoms with Crippen molar-refractivity contribution in [3.05, 3.63) is 30.3 Å². The molecule has 152 valence electrons. The van der Waals surface area contributed by atoms with Gasteiger partial charge in [0.05, 0.1) is 6.04 Å². The van der Waals surface area contributed by atoms with Crippen molar-refractivity contribution in [2.45, 2.75) is 45.6 Å². The molecule has 27 heavy (non-hydrogen) atoms. The molecule has 0 saturated carbocycles. The number of benzene rings is 1. The number of hydrogen-bond donors (Lipinski definition) is 3. The first-order valence-corrected chi connectivity index (χ1v) is 9.69. The van der Waals surface area contributed by atoms with E-state index in [1.165, 1.54) is 0 Å². The fourth-order valence-corrected chi connectivity index (χ4v) is 3.31. The maximum absolute atomic E-state index is 12.4. The molecule has 1 saturated heterocycles. The Kier molecular flexibility index (Phi) is 11.3. The minimum absolute atomic E-state index is 0. The molecule has 1 fully saturated rings. The fraction of sp³-hybridized carbons (Fsp3) is 0.600. The summed E-state index contributed by atoms with van der Waals surface area (Å²) >= 11 is 0. The molecule has 0 aromatic heterocycles. The minimum Gasteiger partial charge on any atom is -0.396 e. The van der Waals surface area contributed by atoms with Crippen molar-refractivity contribution in [2.75, 3.05) is 31.1 Å². The van der Waals surface area contributed by atoms with Gasteiger partial charge in [-0.1, -0.05) is 31.5 Å². The molecule has 2 unspecified atom stereocenters. The molecule has 1 aromatic rings. The number of halogens is 1. The third kappa shape index (κ3) is 7.65. The highest BCUT2D eigenvalue weighted by molar-refractivity contribution is 14.0. The number of nitrogens with one attached hydrogen (secondary N) is 2. The molecule has 1 aromatic carbocycles. The molecule has 0 radical (unpaired) electrons. The van der Waals surface area contributed by atoms with E-state index in [-0.39, 0.29) is 42.5 Å². The van der Waals surface area contributed by atoms with Crippen molar-refractivity contribution >= 4 is 41.5 Å². The van der Waals surface area contributed by atoms with Crippen LogP contribution in [0.3, 0.4) is 0 Å². The fourth-order valence-electron chi connectivity index (χ4n) is 3.31. The molecule has 2 atom stereocenters. The molecule has 1 aliphatic rings. The molecule has 6 nitrogen and oxygen atoms in total. The Morgan fingerprint density at radius 1 is 1.30 bits per heavy atom. The Balaban J connectivity index is 0.00000364. The number of carbonyl (C=O) groups is 1. The average Bonchev–Trinajstić information content (AvgIpc) is 3.01. The molecule has 0 spiro atoms. The van der Waals surface area contributed by atoms with Gasteiger partial charge in [-0.3, -0.25) is 9.79 Å². The van der Waals surface area contributed by atoms with Crippen LogP contribution in [0.5, 0.6) is 0 Å². The first kappa shape index (κ1) is 23.7. The summed E-state index contributed by atoms with van der Waals surface area (Å²) < 4.78 is 0. The summed E-state index contributed by atoms with van der Waals surface area (Å²) in [5.74, 6) is 1.28. The molecule has 1 heterocycles. The smallest absolute Gasteiger partial charge is 0.229 e. The van der Waals surface area contributed by atoms with Crippen LogP contribution in [0.4, 0.5) is 5.69 Å². The van der Waals surface area contributed by atoms with Crippen LogP contribution in [0.1, 0.15) is 39.5 Å². The predicted octanol–water partition coefficient (Wildman–Crippen LogP) is 2.76. The molecule has 3 N–H and O–H groups in total. The van der Waals surface area contributed by atoms with Gasteiger partial charge < -0.3 is 20.6 Å². The van der Waals surface area contributed by atoms with E-state index in [9.17, 15) is 9.90 Å². The summed E-state index contributed by atoms with van der Waals surface area (Å²) in [6.07, 6.45) is 3.40. The number of para-hydroxylation sites is 1. The van der Waals surface area contributed by atoms with Gasteiger partial charge in [0.2, 0.25) is 5.91 Å². The first-order valence-electron chi connectivity index (χ1n) is 9.69. The molecular weight excluding hydrogens is 455 g/mol. The molecule has 1 aliphatic heterocycles. The Morgan fingerprint density at radius 2 is 2.04 bits per heavy atom. The van der Waals surface area contributed by atoms with Gasteiger partial charge in [0.15, 0.2) is 5.96 Å². The van der Waals surface area contributed by atoms with E-state index < -0.39 is 0 Å². The predicted molar refractivity (Wildman–Crippen MR) is 122 cm³/mol. The highest BCUT2D eigenvalue weighted by atomic mass is 127. The van der Waals surface area contributed by atoms with Gasteiger partial charge >= 0.3 is 0 Å². The monoisotopic (exact) mass is 488 g/mol. The van der Waals surface area contributed by atoms with Crippen molar-refractivity contribution in [1.82, 2.24) is 10.6 Å². The highest BCUT2D eigenvalue weighted by Gasteiger charge is 2.31. The third-order valence-electron chi connectivity index (χ3n) is 4.62. The second-order valence-corrected chi connectivity index (χ2v) is 6.77. The van der Waals surface area contributed by atoms with Crippen molar-refractivity contribution in [2.24, 2.45) is 10.9 Å². The number of carbonyl (C=O) groups excluding carboxylic acids is 1. The maximum Gasteiger partial charge on any atom is 0.229 e. The summed E-state index contributed by atoms with van der Waals surface area (Å²) in [5, 5.41) is 15.9. The van der Waals surface area contributed by atoms with Crippen LogP contribution in [-0.4, -0.2) is 49.3 Å². The number of nitrogens with zero attached hydrogens (tertiary/aromatic N) is 2. The van der Waals surface area contributed by atoms with Crippen molar-refractivity contribution in [3.8, 4) is 0 Å². The van der Waals surface area contributed by atoms with Gasteiger partial charge in [-0.2, -0.15) is 0 Å². The van der Waals surface area contributed by atoms with Gasteiger partial charge in [0.25, 0.3) is 0 Å². The van der Waals surface area contributed by atoms with Crippen LogP contribution in [0.25, 0.3) is 0 Å². The Labute approximate surface area is 179 Å². The minimum atomic E-state index is 0. The Hall–Kier alpha value is -1.35. The van der Waals surface area contributed by atoms with E-state index in [4.69, 9.17) is 4.99 Å². The van der Waals surface area contributed by atoms with Crippen LogP contribution < -0.4 is 15.5 Å². The largest absolute Gasteiger partial charge is 0.396 e. The number of rotatable bonds is 9. The molecule has 1 amide bonds. The van der Waals surface area contributed by atoms with Gasteiger partial charge in [0, 0.05) is 38.3 Å². The third-order valence-corrected chi connectivity index (χ3v) is 4.62. The lowest BCUT2D eigenvalue weighted by molar-refractivity contribution is -0.117. The number of hydrogen-bond acceptors (Lipinski definition) is 3. The lowest BCUT2D eigenvalue weighted by Gasteiger charge is -2.20. The second-order valence-electron chi connectivity index (χ2n) is 6.77. The normalized spacial score (nSPS) is 18.2. The van der Waals surface area contributed by atoms with E-state index in [0.29, 0.717) is 25.4 Å². The van der Waals surface area contributed by atoms with Crippen LogP contribution in [0.2, 0.25) is 0 Å². The van der Waals surface area contributed by atoms with Crippen LogP contribution in [-0.2, 0) is 4.79 Å². The number of aliphatic hydroxyl groups excluding tert-OH is 1. The molecule has 0 aliphatic carbocycles. The van der Waals surface area contributed by atoms with Crippen LogP contribution >= 0.6 is 24.0 Å². The number of aliphatic hydroxyl groups is 1. The first-order chi connectivity index (χ1) is 12.7. The Morgan fingerprint density at radius 3 is 2.67 bits per heavy atom. The van der Waals surface area contributed by atoms with E-state index in [1.54, 1.807) is 0 Å². The number of anilines is 1. The van der Waals surface area contributed by atoms with Crippen molar-refractivity contribution < 1.29 is 9.90 Å². The standard InChI is InChI=1S/C20H32N4O2.HI/c1-3-8-16(11-12-25)14-22-20(21-4-2)23-17-13-19(26)24(15-17)18-9-6-5-7-10-18;/h5-7,9-10,16-17,25H,3-4,8,11-15H2,1-2H3,(H2,21,22,23);1H. The molecule has 7 heteroatoms. The Bertz CT molecular complexity index is 577. The zero-order chi connectivity index (χ0) is 18.8. The maximum atomic E-state index is 12.4. The lowest BCUT2D eigenvalue weighted by atomic mass is 10.0. The van der Waals surface area contributed by atoms with E-state index >= 15 is 0 Å². The molecular formula is C20H33IN4O2. The van der Waals surface area contributed by atoms with Gasteiger partial charge in [-0.05, 0) is 37.8 Å². The van der Waals surface area contributed by atoms with Crippen LogP contribution in [0.15, 0.2) is 35.3 Å². The quantitative estimate of drug-likeness (QED) is 0.284. The van der Waals surface area contributed by atoms with Gasteiger partial charge in [-0.25, -0.2) is 0 Å². The lowest BCUT2D eigenvalue weighted by Crippen LogP contribution is -2.44. The molecule has 2 rings (SSSR count). The average molecular weight is 488 g/mol. The summed E-state index contributed by atoms with van der Waals surface area (Å²) in [6, 6.07) is 9.82. The number of amides is 1. The topological polar surface area (TPSA) is 77.0 Å². The van der Waals surface area contributed by atoms with Crippen molar-refractivity contribution in [3.63, 3.8) is 0 Å². The van der Waals surface area contributed by atoms with Crippen molar-refractivity contribution in [1.29, 1.82) is 0 Å². The van der Waals surface area contributed by atoms with Gasteiger partial charge in [0.1, 0.15) is 0 Å². The van der Waals surface area contributed by atoms with Gasteiger partial charge in [-0.15, -0.1) is 24.0 Å². The number of aliphatic imine (C=N–C) groups is 1. The summed E-state index contributed by atoms with van der Waals surface area (Å²) in [5.41, 5.74) is 0.940. The number of guanidine groups is 1. The summed E-state index contributed by atoms with van der Waals surface area (Å²) in [4.78, 5) is 18.9. The van der Waals surface area contributed by atoms with E-state index in [1.807, 2.05) is 42.2 Å². The molecule has 0 bridgehead atoms. The zero-order valence-corrected chi connectivity index (χ0v) is 18.7. The summed E-state index contributed by atoms with van der Waals surface area (Å²) in [7, 11) is 0. The summed E-state index contributed by atoms with van der Waals surface area (Å²) in [6.45, 7) is 6.49.